The summed E-state index contributed by atoms with van der Waals surface area (Å²) >= 11 is 0. The zero-order valence-corrected chi connectivity index (χ0v) is 10.4. The highest BCUT2D eigenvalue weighted by atomic mass is 16.2. The number of hydrogen-bond acceptors (Lipinski definition) is 2. The average molecular weight is 234 g/mol. The molecule has 4 heteroatoms. The molecule has 0 aliphatic carbocycles. The number of rotatable bonds is 4. The lowest BCUT2D eigenvalue weighted by Crippen LogP contribution is -2.43. The first-order valence-corrected chi connectivity index (χ1v) is 5.60. The number of aryl methyl sites for hydroxylation is 1. The Hall–Kier alpha value is -1.84. The molecule has 1 rings (SSSR count). The standard InChI is InChI=1S/C13H18N2O2/c1-9-6-4-5-7-12(9)8-14-13(17)10(2)15-11(3)16/h4-7,10H,8H2,1-3H3,(H,14,17)(H,15,16)/t10-/m0/s1. The van der Waals surface area contributed by atoms with Crippen molar-refractivity contribution in [2.75, 3.05) is 0 Å². The molecule has 0 aliphatic rings. The van der Waals surface area contributed by atoms with Crippen molar-refractivity contribution in [1.82, 2.24) is 10.6 Å². The topological polar surface area (TPSA) is 58.2 Å². The summed E-state index contributed by atoms with van der Waals surface area (Å²) in [6.45, 7) is 5.54. The van der Waals surface area contributed by atoms with Crippen LogP contribution in [0.3, 0.4) is 0 Å². The van der Waals surface area contributed by atoms with E-state index in [2.05, 4.69) is 10.6 Å². The van der Waals surface area contributed by atoms with Gasteiger partial charge in [-0.15, -0.1) is 0 Å². The minimum absolute atomic E-state index is 0.177. The maximum absolute atomic E-state index is 11.6. The van der Waals surface area contributed by atoms with Gasteiger partial charge >= 0.3 is 0 Å². The fourth-order valence-corrected chi connectivity index (χ4v) is 1.51. The molecule has 92 valence electrons. The molecule has 0 heterocycles. The summed E-state index contributed by atoms with van der Waals surface area (Å²) in [7, 11) is 0. The van der Waals surface area contributed by atoms with Crippen LogP contribution in [-0.2, 0) is 16.1 Å². The lowest BCUT2D eigenvalue weighted by molar-refractivity contribution is -0.127. The average Bonchev–Trinajstić information content (AvgIpc) is 2.26. The highest BCUT2D eigenvalue weighted by Gasteiger charge is 2.12. The molecular formula is C13H18N2O2. The second-order valence-corrected chi connectivity index (χ2v) is 4.07. The maximum Gasteiger partial charge on any atom is 0.242 e. The van der Waals surface area contributed by atoms with E-state index in [1.165, 1.54) is 6.92 Å². The number of hydrogen-bond donors (Lipinski definition) is 2. The molecule has 2 amide bonds. The number of carbonyl (C=O) groups is 2. The molecule has 0 bridgehead atoms. The Balaban J connectivity index is 2.48. The van der Waals surface area contributed by atoms with E-state index in [4.69, 9.17) is 0 Å². The highest BCUT2D eigenvalue weighted by Crippen LogP contribution is 2.05. The van der Waals surface area contributed by atoms with Crippen LogP contribution < -0.4 is 10.6 Å². The highest BCUT2D eigenvalue weighted by molar-refractivity contribution is 5.86. The molecule has 0 unspecified atom stereocenters. The summed E-state index contributed by atoms with van der Waals surface area (Å²) in [5, 5.41) is 5.33. The summed E-state index contributed by atoms with van der Waals surface area (Å²) in [5.41, 5.74) is 2.22. The van der Waals surface area contributed by atoms with Crippen LogP contribution in [0.1, 0.15) is 25.0 Å². The normalized spacial score (nSPS) is 11.7. The Morgan fingerprint density at radius 2 is 1.94 bits per heavy atom. The van der Waals surface area contributed by atoms with Crippen molar-refractivity contribution in [1.29, 1.82) is 0 Å². The van der Waals surface area contributed by atoms with Crippen molar-refractivity contribution in [3.8, 4) is 0 Å². The molecule has 0 radical (unpaired) electrons. The summed E-state index contributed by atoms with van der Waals surface area (Å²) in [4.78, 5) is 22.4. The zero-order chi connectivity index (χ0) is 12.8. The fourth-order valence-electron chi connectivity index (χ4n) is 1.51. The smallest absolute Gasteiger partial charge is 0.242 e. The number of amides is 2. The first-order chi connectivity index (χ1) is 8.00. The molecule has 0 aliphatic heterocycles. The van der Waals surface area contributed by atoms with Gasteiger partial charge in [0.1, 0.15) is 6.04 Å². The van der Waals surface area contributed by atoms with Gasteiger partial charge < -0.3 is 10.6 Å². The fraction of sp³-hybridized carbons (Fsp3) is 0.385. The van der Waals surface area contributed by atoms with Crippen LogP contribution in [0.25, 0.3) is 0 Å². The van der Waals surface area contributed by atoms with E-state index >= 15 is 0 Å². The minimum Gasteiger partial charge on any atom is -0.350 e. The molecule has 17 heavy (non-hydrogen) atoms. The van der Waals surface area contributed by atoms with Crippen LogP contribution in [0, 0.1) is 6.92 Å². The van der Waals surface area contributed by atoms with E-state index in [0.29, 0.717) is 6.54 Å². The van der Waals surface area contributed by atoms with Crippen molar-refractivity contribution >= 4 is 11.8 Å². The predicted octanol–water partition coefficient (Wildman–Crippen LogP) is 1.14. The van der Waals surface area contributed by atoms with E-state index < -0.39 is 6.04 Å². The van der Waals surface area contributed by atoms with E-state index in [-0.39, 0.29) is 11.8 Å². The first kappa shape index (κ1) is 13.2. The van der Waals surface area contributed by atoms with Crippen molar-refractivity contribution in [3.63, 3.8) is 0 Å². The third kappa shape index (κ3) is 4.26. The van der Waals surface area contributed by atoms with Crippen molar-refractivity contribution in [3.05, 3.63) is 35.4 Å². The van der Waals surface area contributed by atoms with Crippen LogP contribution in [0.5, 0.6) is 0 Å². The Morgan fingerprint density at radius 3 is 2.53 bits per heavy atom. The van der Waals surface area contributed by atoms with Gasteiger partial charge in [-0.1, -0.05) is 24.3 Å². The number of nitrogens with one attached hydrogen (secondary N) is 2. The van der Waals surface area contributed by atoms with Gasteiger partial charge in [0.15, 0.2) is 0 Å². The van der Waals surface area contributed by atoms with Crippen molar-refractivity contribution in [2.24, 2.45) is 0 Å². The molecule has 0 saturated carbocycles. The summed E-state index contributed by atoms with van der Waals surface area (Å²) < 4.78 is 0. The van der Waals surface area contributed by atoms with Gasteiger partial charge in [-0.3, -0.25) is 9.59 Å². The predicted molar refractivity (Wildman–Crippen MR) is 66.3 cm³/mol. The SMILES string of the molecule is CC(=O)N[C@@H](C)C(=O)NCc1ccccc1C. The molecule has 0 fully saturated rings. The van der Waals surface area contributed by atoms with E-state index in [0.717, 1.165) is 11.1 Å². The summed E-state index contributed by atoms with van der Waals surface area (Å²) in [6.07, 6.45) is 0. The molecule has 0 saturated heterocycles. The number of benzene rings is 1. The van der Waals surface area contributed by atoms with E-state index in [1.54, 1.807) is 6.92 Å². The van der Waals surface area contributed by atoms with Crippen LogP contribution >= 0.6 is 0 Å². The van der Waals surface area contributed by atoms with Crippen molar-refractivity contribution in [2.45, 2.75) is 33.4 Å². The van der Waals surface area contributed by atoms with Crippen LogP contribution in [0.15, 0.2) is 24.3 Å². The van der Waals surface area contributed by atoms with Crippen LogP contribution in [0.2, 0.25) is 0 Å². The molecule has 1 atom stereocenters. The van der Waals surface area contributed by atoms with Gasteiger partial charge in [0.2, 0.25) is 11.8 Å². The van der Waals surface area contributed by atoms with Crippen LogP contribution in [0.4, 0.5) is 0 Å². The van der Waals surface area contributed by atoms with Gasteiger partial charge in [-0.25, -0.2) is 0 Å². The molecule has 0 aromatic heterocycles. The summed E-state index contributed by atoms with van der Waals surface area (Å²) in [6, 6.07) is 7.36. The van der Waals surface area contributed by atoms with Crippen LogP contribution in [-0.4, -0.2) is 17.9 Å². The molecule has 2 N–H and O–H groups in total. The monoisotopic (exact) mass is 234 g/mol. The van der Waals surface area contributed by atoms with Gasteiger partial charge in [0.25, 0.3) is 0 Å². The zero-order valence-electron chi connectivity index (χ0n) is 10.4. The van der Waals surface area contributed by atoms with E-state index in [9.17, 15) is 9.59 Å². The van der Waals surface area contributed by atoms with Crippen molar-refractivity contribution < 1.29 is 9.59 Å². The van der Waals surface area contributed by atoms with Gasteiger partial charge in [-0.2, -0.15) is 0 Å². The lowest BCUT2D eigenvalue weighted by atomic mass is 10.1. The molecule has 1 aromatic rings. The Kier molecular flexibility index (Phi) is 4.69. The molecule has 0 spiro atoms. The quantitative estimate of drug-likeness (QED) is 0.820. The minimum atomic E-state index is -0.503. The van der Waals surface area contributed by atoms with Gasteiger partial charge in [0.05, 0.1) is 0 Å². The number of carbonyl (C=O) groups excluding carboxylic acids is 2. The second kappa shape index (κ2) is 6.03. The third-order valence-electron chi connectivity index (χ3n) is 2.53. The largest absolute Gasteiger partial charge is 0.350 e. The first-order valence-electron chi connectivity index (χ1n) is 5.60. The third-order valence-corrected chi connectivity index (χ3v) is 2.53. The maximum atomic E-state index is 11.6. The lowest BCUT2D eigenvalue weighted by Gasteiger charge is -2.13. The molecular weight excluding hydrogens is 216 g/mol. The van der Waals surface area contributed by atoms with E-state index in [1.807, 2.05) is 31.2 Å². The molecule has 1 aromatic carbocycles. The second-order valence-electron chi connectivity index (χ2n) is 4.07. The van der Waals surface area contributed by atoms with Gasteiger partial charge in [0, 0.05) is 13.5 Å². The Bertz CT molecular complexity index is 416. The van der Waals surface area contributed by atoms with Gasteiger partial charge in [-0.05, 0) is 25.0 Å². The Labute approximate surface area is 101 Å². The Morgan fingerprint density at radius 1 is 1.29 bits per heavy atom. The summed E-state index contributed by atoms with van der Waals surface area (Å²) in [5.74, 6) is -0.382. The molecule has 4 nitrogen and oxygen atoms in total.